The lowest BCUT2D eigenvalue weighted by molar-refractivity contribution is -0.109. The van der Waals surface area contributed by atoms with Crippen LogP contribution in [-0.4, -0.2) is 32.2 Å². The molecule has 0 heterocycles. The number of aldehydes is 1. The number of hydrogen-bond acceptors (Lipinski definition) is 5. The summed E-state index contributed by atoms with van der Waals surface area (Å²) < 4.78 is 15.9. The van der Waals surface area contributed by atoms with Crippen molar-refractivity contribution in [3.63, 3.8) is 0 Å². The molecule has 0 bridgehead atoms. The van der Waals surface area contributed by atoms with Crippen molar-refractivity contribution in [2.45, 2.75) is 44.6 Å². The van der Waals surface area contributed by atoms with Gasteiger partial charge in [0.1, 0.15) is 11.9 Å². The third-order valence-corrected chi connectivity index (χ3v) is 3.70. The molecule has 126 valence electrons. The maximum Gasteiger partial charge on any atom is 0.412 e. The van der Waals surface area contributed by atoms with Gasteiger partial charge >= 0.3 is 6.09 Å². The van der Waals surface area contributed by atoms with E-state index in [1.807, 2.05) is 0 Å². The lowest BCUT2D eigenvalue weighted by Crippen LogP contribution is -2.27. The molecule has 23 heavy (non-hydrogen) atoms. The van der Waals surface area contributed by atoms with Gasteiger partial charge < -0.3 is 19.0 Å². The van der Waals surface area contributed by atoms with Crippen LogP contribution in [0.2, 0.25) is 0 Å². The molecule has 1 aromatic carbocycles. The van der Waals surface area contributed by atoms with E-state index in [0.29, 0.717) is 17.2 Å². The molecule has 0 atom stereocenters. The van der Waals surface area contributed by atoms with Crippen LogP contribution < -0.4 is 14.8 Å². The minimum Gasteiger partial charge on any atom is -0.493 e. The van der Waals surface area contributed by atoms with E-state index < -0.39 is 17.1 Å². The summed E-state index contributed by atoms with van der Waals surface area (Å²) in [7, 11) is 3.00. The van der Waals surface area contributed by atoms with Crippen molar-refractivity contribution in [1.29, 1.82) is 0 Å². The topological polar surface area (TPSA) is 73.9 Å². The Morgan fingerprint density at radius 3 is 2.30 bits per heavy atom. The van der Waals surface area contributed by atoms with Crippen molar-refractivity contribution < 1.29 is 23.8 Å². The molecule has 0 unspecified atom stereocenters. The number of rotatable bonds is 5. The Labute approximate surface area is 136 Å². The summed E-state index contributed by atoms with van der Waals surface area (Å²) in [6, 6.07) is 3.52. The smallest absolute Gasteiger partial charge is 0.412 e. The van der Waals surface area contributed by atoms with Gasteiger partial charge in [0.15, 0.2) is 11.5 Å². The molecule has 1 fully saturated rings. The Morgan fingerprint density at radius 1 is 1.22 bits per heavy atom. The van der Waals surface area contributed by atoms with Crippen molar-refractivity contribution in [1.82, 2.24) is 0 Å². The van der Waals surface area contributed by atoms with Gasteiger partial charge in [-0.1, -0.05) is 0 Å². The number of benzene rings is 1. The molecule has 1 saturated carbocycles. The molecular weight excluding hydrogens is 298 g/mol. The maximum atomic E-state index is 12.0. The second-order valence-corrected chi connectivity index (χ2v) is 6.66. The van der Waals surface area contributed by atoms with E-state index in [4.69, 9.17) is 14.2 Å². The summed E-state index contributed by atoms with van der Waals surface area (Å²) in [5.41, 5.74) is 0.129. The Morgan fingerprint density at radius 2 is 1.87 bits per heavy atom. The molecule has 1 N–H and O–H groups in total. The van der Waals surface area contributed by atoms with E-state index >= 15 is 0 Å². The average molecular weight is 321 g/mol. The molecule has 0 aliphatic heterocycles. The molecular formula is C17H23NO5. The van der Waals surface area contributed by atoms with Crippen LogP contribution in [0.3, 0.4) is 0 Å². The second kappa shape index (κ2) is 6.10. The molecule has 1 aliphatic carbocycles. The number of anilines is 1. The second-order valence-electron chi connectivity index (χ2n) is 6.66. The Hall–Kier alpha value is -2.24. The van der Waals surface area contributed by atoms with Gasteiger partial charge in [0.2, 0.25) is 0 Å². The van der Waals surface area contributed by atoms with Gasteiger partial charge in [0, 0.05) is 0 Å². The third-order valence-electron chi connectivity index (χ3n) is 3.70. The molecule has 1 amide bonds. The fourth-order valence-electron chi connectivity index (χ4n) is 2.37. The quantitative estimate of drug-likeness (QED) is 0.842. The fraction of sp³-hybridized carbons (Fsp3) is 0.529. The van der Waals surface area contributed by atoms with Crippen LogP contribution in [0, 0.1) is 0 Å². The number of carbonyl (C=O) groups excluding carboxylic acids is 2. The van der Waals surface area contributed by atoms with Crippen LogP contribution in [0.4, 0.5) is 10.5 Å². The van der Waals surface area contributed by atoms with Crippen molar-refractivity contribution in [2.24, 2.45) is 0 Å². The largest absolute Gasteiger partial charge is 0.493 e. The predicted octanol–water partition coefficient (Wildman–Crippen LogP) is 3.28. The van der Waals surface area contributed by atoms with Crippen LogP contribution in [0.1, 0.15) is 39.2 Å². The fourth-order valence-corrected chi connectivity index (χ4v) is 2.37. The first-order valence-electron chi connectivity index (χ1n) is 7.47. The lowest BCUT2D eigenvalue weighted by Gasteiger charge is -2.21. The first kappa shape index (κ1) is 17.1. The number of hydrogen-bond donors (Lipinski definition) is 1. The molecule has 0 aromatic heterocycles. The molecule has 0 saturated heterocycles. The van der Waals surface area contributed by atoms with E-state index in [0.717, 1.165) is 24.7 Å². The van der Waals surface area contributed by atoms with E-state index in [1.165, 1.54) is 14.2 Å². The number of amides is 1. The normalized spacial score (nSPS) is 15.5. The van der Waals surface area contributed by atoms with Crippen LogP contribution in [0.15, 0.2) is 12.1 Å². The van der Waals surface area contributed by atoms with Gasteiger partial charge in [0.05, 0.1) is 25.3 Å². The summed E-state index contributed by atoms with van der Waals surface area (Å²) in [6.07, 6.45) is 1.94. The van der Waals surface area contributed by atoms with Gasteiger partial charge in [-0.05, 0) is 51.3 Å². The van der Waals surface area contributed by atoms with Crippen LogP contribution in [-0.2, 0) is 14.9 Å². The number of methoxy groups -OCH3 is 2. The van der Waals surface area contributed by atoms with Gasteiger partial charge in [-0.25, -0.2) is 4.79 Å². The summed E-state index contributed by atoms with van der Waals surface area (Å²) in [4.78, 5) is 23.4. The molecule has 0 spiro atoms. The number of nitrogens with one attached hydrogen (secondary N) is 1. The first-order valence-corrected chi connectivity index (χ1v) is 7.47. The Balaban J connectivity index is 2.38. The first-order chi connectivity index (χ1) is 10.7. The van der Waals surface area contributed by atoms with Crippen molar-refractivity contribution in [3.05, 3.63) is 17.7 Å². The van der Waals surface area contributed by atoms with E-state index in [2.05, 4.69) is 5.32 Å². The summed E-state index contributed by atoms with van der Waals surface area (Å²) in [5.74, 6) is 0.855. The minimum absolute atomic E-state index is 0.392. The molecule has 0 radical (unpaired) electrons. The number of carbonyl (C=O) groups is 2. The highest BCUT2D eigenvalue weighted by molar-refractivity contribution is 5.89. The average Bonchev–Trinajstić information content (AvgIpc) is 3.25. The van der Waals surface area contributed by atoms with Gasteiger partial charge in [0.25, 0.3) is 0 Å². The lowest BCUT2D eigenvalue weighted by atomic mass is 9.96. The third kappa shape index (κ3) is 3.75. The zero-order valence-corrected chi connectivity index (χ0v) is 14.2. The van der Waals surface area contributed by atoms with Crippen LogP contribution >= 0.6 is 0 Å². The molecule has 1 aliphatic rings. The van der Waals surface area contributed by atoms with Gasteiger partial charge in [-0.2, -0.15) is 0 Å². The molecule has 1 aromatic rings. The monoisotopic (exact) mass is 321 g/mol. The van der Waals surface area contributed by atoms with Gasteiger partial charge in [-0.3, -0.25) is 5.32 Å². The highest BCUT2D eigenvalue weighted by atomic mass is 16.6. The minimum atomic E-state index is -0.612. The summed E-state index contributed by atoms with van der Waals surface area (Å²) >= 11 is 0. The molecule has 2 rings (SSSR count). The van der Waals surface area contributed by atoms with E-state index in [1.54, 1.807) is 32.9 Å². The van der Waals surface area contributed by atoms with Crippen molar-refractivity contribution >= 4 is 18.1 Å². The Kier molecular flexibility index (Phi) is 4.54. The summed E-state index contributed by atoms with van der Waals surface area (Å²) in [6.45, 7) is 5.35. The summed E-state index contributed by atoms with van der Waals surface area (Å²) in [5, 5.41) is 2.67. The predicted molar refractivity (Wildman–Crippen MR) is 86.4 cm³/mol. The van der Waals surface area contributed by atoms with Crippen molar-refractivity contribution in [2.75, 3.05) is 19.5 Å². The highest BCUT2D eigenvalue weighted by Gasteiger charge is 2.45. The van der Waals surface area contributed by atoms with Crippen LogP contribution in [0.5, 0.6) is 11.5 Å². The van der Waals surface area contributed by atoms with Gasteiger partial charge in [-0.15, -0.1) is 0 Å². The zero-order valence-electron chi connectivity index (χ0n) is 14.2. The van der Waals surface area contributed by atoms with Crippen molar-refractivity contribution in [3.8, 4) is 11.5 Å². The SMILES string of the molecule is COc1cc(C2(C=O)CC2)cc(NC(=O)OC(C)(C)C)c1OC. The molecule has 6 heteroatoms. The maximum absolute atomic E-state index is 12.0. The standard InChI is InChI=1S/C17H23NO5/c1-16(2,3)23-15(20)18-12-8-11(17(10-19)6-7-17)9-13(21-4)14(12)22-5/h8-10H,6-7H2,1-5H3,(H,18,20). The van der Waals surface area contributed by atoms with Crippen LogP contribution in [0.25, 0.3) is 0 Å². The molecule has 6 nitrogen and oxygen atoms in total. The zero-order chi connectivity index (χ0) is 17.3. The van der Waals surface area contributed by atoms with E-state index in [9.17, 15) is 9.59 Å². The number of ether oxygens (including phenoxy) is 3. The Bertz CT molecular complexity index is 614. The highest BCUT2D eigenvalue weighted by Crippen LogP contribution is 2.50. The van der Waals surface area contributed by atoms with E-state index in [-0.39, 0.29) is 0 Å².